The summed E-state index contributed by atoms with van der Waals surface area (Å²) in [5.41, 5.74) is 1.19. The van der Waals surface area contributed by atoms with Crippen molar-refractivity contribution in [1.29, 1.82) is 0 Å². The highest BCUT2D eigenvalue weighted by Crippen LogP contribution is 2.27. The molecule has 0 saturated carbocycles. The van der Waals surface area contributed by atoms with Crippen LogP contribution in [0.15, 0.2) is 56.5 Å². The Kier molecular flexibility index (Phi) is 5.32. The minimum Gasteiger partial charge on any atom is -0.455 e. The molecule has 0 unspecified atom stereocenters. The average molecular weight is 479 g/mol. The predicted molar refractivity (Wildman–Crippen MR) is 111 cm³/mol. The van der Waals surface area contributed by atoms with Crippen LogP contribution in [0.5, 0.6) is 0 Å². The second-order valence-corrected chi connectivity index (χ2v) is 9.54. The van der Waals surface area contributed by atoms with Crippen molar-refractivity contribution in [3.63, 3.8) is 0 Å². The molecule has 8 nitrogen and oxygen atoms in total. The van der Waals surface area contributed by atoms with Crippen LogP contribution < -0.4 is 5.32 Å². The molecule has 1 saturated heterocycles. The first-order chi connectivity index (χ1) is 13.9. The summed E-state index contributed by atoms with van der Waals surface area (Å²) in [6.45, 7) is 2.53. The molecular formula is C19H19BrN4O4S. The molecule has 3 heterocycles. The first-order valence-electron chi connectivity index (χ1n) is 9.08. The van der Waals surface area contributed by atoms with Crippen molar-refractivity contribution >= 4 is 37.5 Å². The zero-order valence-corrected chi connectivity index (χ0v) is 18.0. The van der Waals surface area contributed by atoms with E-state index in [4.69, 9.17) is 4.42 Å². The Balaban J connectivity index is 1.61. The fraction of sp³-hybridized carbons (Fsp3) is 0.263. The second-order valence-electron chi connectivity index (χ2n) is 6.72. The number of hydrogen-bond acceptors (Lipinski definition) is 5. The SMILES string of the molecule is Cc1oc(C(=O)Nc2ccccc2-n2cc(Br)cn2)cc1S(=O)(=O)N1CCCC1. The van der Waals surface area contributed by atoms with Crippen LogP contribution in [0.3, 0.4) is 0 Å². The fourth-order valence-corrected chi connectivity index (χ4v) is 5.26. The highest BCUT2D eigenvalue weighted by molar-refractivity contribution is 9.10. The molecule has 0 atom stereocenters. The van der Waals surface area contributed by atoms with Crippen LogP contribution in [-0.4, -0.2) is 41.5 Å². The van der Waals surface area contributed by atoms with Crippen LogP contribution in [0.4, 0.5) is 5.69 Å². The molecule has 1 aromatic carbocycles. The minimum absolute atomic E-state index is 0.0360. The summed E-state index contributed by atoms with van der Waals surface area (Å²) in [5.74, 6) is -0.391. The summed E-state index contributed by atoms with van der Waals surface area (Å²) in [6, 6.07) is 8.46. The number of anilines is 1. The van der Waals surface area contributed by atoms with Gasteiger partial charge in [-0.2, -0.15) is 9.40 Å². The Morgan fingerprint density at radius 2 is 1.97 bits per heavy atom. The number of para-hydroxylation sites is 2. The highest BCUT2D eigenvalue weighted by atomic mass is 79.9. The molecule has 10 heteroatoms. The van der Waals surface area contributed by atoms with Gasteiger partial charge in [-0.3, -0.25) is 4.79 Å². The molecule has 1 amide bonds. The van der Waals surface area contributed by atoms with Crippen LogP contribution in [-0.2, 0) is 10.0 Å². The number of carbonyl (C=O) groups excluding carboxylic acids is 1. The molecule has 3 aromatic rings. The van der Waals surface area contributed by atoms with Gasteiger partial charge < -0.3 is 9.73 Å². The van der Waals surface area contributed by atoms with Crippen molar-refractivity contribution in [2.75, 3.05) is 18.4 Å². The lowest BCUT2D eigenvalue weighted by Gasteiger charge is -2.14. The molecule has 2 aromatic heterocycles. The third-order valence-electron chi connectivity index (χ3n) is 4.73. The number of aryl methyl sites for hydroxylation is 1. The van der Waals surface area contributed by atoms with E-state index in [0.717, 1.165) is 17.3 Å². The standard InChI is InChI=1S/C19H19BrN4O4S/c1-13-18(29(26,27)23-8-4-5-9-23)10-17(28-13)19(25)22-15-6-2-3-7-16(15)24-12-14(20)11-21-24/h2-3,6-7,10-12H,4-5,8-9H2,1H3,(H,22,25). The van der Waals surface area contributed by atoms with Gasteiger partial charge in [-0.15, -0.1) is 0 Å². The van der Waals surface area contributed by atoms with Crippen LogP contribution in [0, 0.1) is 6.92 Å². The van der Waals surface area contributed by atoms with E-state index < -0.39 is 15.9 Å². The van der Waals surface area contributed by atoms with Crippen LogP contribution in [0.2, 0.25) is 0 Å². The number of hydrogen-bond donors (Lipinski definition) is 1. The van der Waals surface area contributed by atoms with Gasteiger partial charge in [0.05, 0.1) is 22.0 Å². The van der Waals surface area contributed by atoms with Gasteiger partial charge in [0.15, 0.2) is 5.76 Å². The first-order valence-corrected chi connectivity index (χ1v) is 11.3. The predicted octanol–water partition coefficient (Wildman–Crippen LogP) is 3.57. The zero-order chi connectivity index (χ0) is 20.6. The van der Waals surface area contributed by atoms with Crippen molar-refractivity contribution in [3.8, 4) is 5.69 Å². The monoisotopic (exact) mass is 478 g/mol. The smallest absolute Gasteiger partial charge is 0.291 e. The summed E-state index contributed by atoms with van der Waals surface area (Å²) in [7, 11) is -3.66. The zero-order valence-electron chi connectivity index (χ0n) is 15.6. The molecule has 29 heavy (non-hydrogen) atoms. The van der Waals surface area contributed by atoms with Gasteiger partial charge in [0.2, 0.25) is 10.0 Å². The lowest BCUT2D eigenvalue weighted by atomic mass is 10.2. The minimum atomic E-state index is -3.66. The van der Waals surface area contributed by atoms with Gasteiger partial charge in [0, 0.05) is 25.4 Å². The summed E-state index contributed by atoms with van der Waals surface area (Å²) >= 11 is 3.35. The maximum atomic E-state index is 12.8. The number of nitrogens with one attached hydrogen (secondary N) is 1. The Bertz CT molecular complexity index is 1160. The molecule has 1 aliphatic heterocycles. The Morgan fingerprint density at radius 1 is 1.24 bits per heavy atom. The number of rotatable bonds is 5. The van der Waals surface area contributed by atoms with E-state index in [9.17, 15) is 13.2 Å². The van der Waals surface area contributed by atoms with E-state index in [1.165, 1.54) is 10.4 Å². The summed E-state index contributed by atoms with van der Waals surface area (Å²) in [4.78, 5) is 12.8. The maximum absolute atomic E-state index is 12.8. The largest absolute Gasteiger partial charge is 0.455 e. The molecule has 0 spiro atoms. The van der Waals surface area contributed by atoms with Crippen LogP contribution in [0.1, 0.15) is 29.2 Å². The number of furan rings is 1. The van der Waals surface area contributed by atoms with Crippen molar-refractivity contribution in [2.45, 2.75) is 24.7 Å². The fourth-order valence-electron chi connectivity index (χ4n) is 3.30. The molecule has 1 fully saturated rings. The number of halogens is 1. The average Bonchev–Trinajstić information content (AvgIpc) is 3.43. The van der Waals surface area contributed by atoms with Crippen molar-refractivity contribution < 1.29 is 17.6 Å². The van der Waals surface area contributed by atoms with Gasteiger partial charge in [-0.05, 0) is 47.8 Å². The second kappa shape index (κ2) is 7.77. The molecule has 0 radical (unpaired) electrons. The van der Waals surface area contributed by atoms with Crippen LogP contribution in [0.25, 0.3) is 5.69 Å². The van der Waals surface area contributed by atoms with Gasteiger partial charge in [0.1, 0.15) is 10.7 Å². The number of carbonyl (C=O) groups is 1. The maximum Gasteiger partial charge on any atom is 0.291 e. The van der Waals surface area contributed by atoms with Crippen molar-refractivity contribution in [1.82, 2.24) is 14.1 Å². The summed E-state index contributed by atoms with van der Waals surface area (Å²) < 4.78 is 35.0. The van der Waals surface area contributed by atoms with E-state index >= 15 is 0 Å². The van der Waals surface area contributed by atoms with Crippen molar-refractivity contribution in [2.24, 2.45) is 0 Å². The molecule has 0 bridgehead atoms. The molecule has 4 rings (SSSR count). The number of nitrogens with zero attached hydrogens (tertiary/aromatic N) is 3. The van der Waals surface area contributed by atoms with E-state index in [2.05, 4.69) is 26.3 Å². The first kappa shape index (κ1) is 19.9. The van der Waals surface area contributed by atoms with E-state index in [1.807, 2.05) is 12.1 Å². The summed E-state index contributed by atoms with van der Waals surface area (Å²) in [6.07, 6.45) is 5.08. The molecule has 152 valence electrons. The molecule has 1 N–H and O–H groups in total. The Labute approximate surface area is 176 Å². The van der Waals surface area contributed by atoms with Gasteiger partial charge in [-0.1, -0.05) is 12.1 Å². The lowest BCUT2D eigenvalue weighted by Crippen LogP contribution is -2.28. The number of aromatic nitrogens is 2. The Hall–Kier alpha value is -2.43. The van der Waals surface area contributed by atoms with Crippen LogP contribution >= 0.6 is 15.9 Å². The van der Waals surface area contributed by atoms with Gasteiger partial charge in [0.25, 0.3) is 5.91 Å². The van der Waals surface area contributed by atoms with Gasteiger partial charge in [-0.25, -0.2) is 13.1 Å². The molecule has 1 aliphatic rings. The lowest BCUT2D eigenvalue weighted by molar-refractivity contribution is 0.0995. The van der Waals surface area contributed by atoms with E-state index in [-0.39, 0.29) is 16.4 Å². The molecular weight excluding hydrogens is 460 g/mol. The number of sulfonamides is 1. The third kappa shape index (κ3) is 3.87. The number of amides is 1. The quantitative estimate of drug-likeness (QED) is 0.604. The normalized spacial score (nSPS) is 15.0. The van der Waals surface area contributed by atoms with Crippen molar-refractivity contribution in [3.05, 3.63) is 58.7 Å². The highest BCUT2D eigenvalue weighted by Gasteiger charge is 2.31. The van der Waals surface area contributed by atoms with E-state index in [1.54, 1.807) is 36.1 Å². The topological polar surface area (TPSA) is 97.4 Å². The summed E-state index contributed by atoms with van der Waals surface area (Å²) in [5, 5.41) is 7.01. The Morgan fingerprint density at radius 3 is 2.66 bits per heavy atom. The number of benzene rings is 1. The molecule has 0 aliphatic carbocycles. The van der Waals surface area contributed by atoms with E-state index in [0.29, 0.717) is 24.5 Å². The third-order valence-corrected chi connectivity index (χ3v) is 7.14. The van der Waals surface area contributed by atoms with Gasteiger partial charge >= 0.3 is 0 Å².